The SMILES string of the molecule is CCN(CCn1c(C(C)(C)C)c[nH]c1=S)C1CC1. The quantitative estimate of drug-likeness (QED) is 0.827. The standard InChI is InChI=1S/C14H25N3S/c1-5-16(11-6-7-11)8-9-17-12(14(2,3)4)10-15-13(17)18/h10-11H,5-9H2,1-4H3,(H,15,18). The van der Waals surface area contributed by atoms with Crippen LogP contribution >= 0.6 is 12.2 Å². The molecule has 1 fully saturated rings. The largest absolute Gasteiger partial charge is 0.337 e. The average molecular weight is 267 g/mol. The van der Waals surface area contributed by atoms with Crippen LogP contribution in [0.5, 0.6) is 0 Å². The van der Waals surface area contributed by atoms with Crippen molar-refractivity contribution < 1.29 is 0 Å². The van der Waals surface area contributed by atoms with E-state index < -0.39 is 0 Å². The summed E-state index contributed by atoms with van der Waals surface area (Å²) in [6.07, 6.45) is 4.81. The van der Waals surface area contributed by atoms with E-state index in [9.17, 15) is 0 Å². The first-order chi connectivity index (χ1) is 8.43. The lowest BCUT2D eigenvalue weighted by molar-refractivity contribution is 0.263. The van der Waals surface area contributed by atoms with Crippen molar-refractivity contribution in [2.45, 2.75) is 58.5 Å². The van der Waals surface area contributed by atoms with Crippen molar-refractivity contribution >= 4 is 12.2 Å². The second kappa shape index (κ2) is 5.17. The van der Waals surface area contributed by atoms with E-state index in [1.165, 1.54) is 18.5 Å². The van der Waals surface area contributed by atoms with Crippen LogP contribution in [-0.4, -0.2) is 33.6 Å². The molecular formula is C14H25N3S. The number of imidazole rings is 1. The Morgan fingerprint density at radius 1 is 1.44 bits per heavy atom. The van der Waals surface area contributed by atoms with Gasteiger partial charge in [0.05, 0.1) is 0 Å². The molecule has 0 radical (unpaired) electrons. The summed E-state index contributed by atoms with van der Waals surface area (Å²) < 4.78 is 3.12. The van der Waals surface area contributed by atoms with Crippen molar-refractivity contribution in [2.24, 2.45) is 0 Å². The fourth-order valence-corrected chi connectivity index (χ4v) is 2.75. The minimum atomic E-state index is 0.143. The summed E-state index contributed by atoms with van der Waals surface area (Å²) in [5.74, 6) is 0. The fourth-order valence-electron chi connectivity index (χ4n) is 2.51. The zero-order valence-electron chi connectivity index (χ0n) is 12.0. The molecule has 1 aromatic rings. The maximum Gasteiger partial charge on any atom is 0.177 e. The summed E-state index contributed by atoms with van der Waals surface area (Å²) in [7, 11) is 0. The highest BCUT2D eigenvalue weighted by Gasteiger charge is 2.28. The number of hydrogen-bond donors (Lipinski definition) is 1. The lowest BCUT2D eigenvalue weighted by atomic mass is 9.92. The summed E-state index contributed by atoms with van der Waals surface area (Å²) >= 11 is 5.40. The minimum Gasteiger partial charge on any atom is -0.337 e. The van der Waals surface area contributed by atoms with E-state index in [-0.39, 0.29) is 5.41 Å². The van der Waals surface area contributed by atoms with Crippen LogP contribution < -0.4 is 0 Å². The molecule has 102 valence electrons. The third-order valence-corrected chi connectivity index (χ3v) is 4.06. The second-order valence-corrected chi connectivity index (χ2v) is 6.63. The Bertz CT molecular complexity index is 448. The van der Waals surface area contributed by atoms with Crippen molar-refractivity contribution in [3.05, 3.63) is 16.7 Å². The molecule has 0 unspecified atom stereocenters. The number of nitrogens with zero attached hydrogens (tertiary/aromatic N) is 2. The lowest BCUT2D eigenvalue weighted by Gasteiger charge is -2.24. The lowest BCUT2D eigenvalue weighted by Crippen LogP contribution is -2.30. The van der Waals surface area contributed by atoms with Crippen LogP contribution in [0.15, 0.2) is 6.20 Å². The van der Waals surface area contributed by atoms with Gasteiger partial charge in [0.15, 0.2) is 4.77 Å². The fraction of sp³-hybridized carbons (Fsp3) is 0.786. The Kier molecular flexibility index (Phi) is 3.97. The molecule has 0 aromatic carbocycles. The number of rotatable bonds is 5. The number of hydrogen-bond acceptors (Lipinski definition) is 2. The first-order valence-electron chi connectivity index (χ1n) is 6.96. The molecule has 0 atom stereocenters. The van der Waals surface area contributed by atoms with Crippen LogP contribution in [-0.2, 0) is 12.0 Å². The summed E-state index contributed by atoms with van der Waals surface area (Å²) in [5, 5.41) is 0. The summed E-state index contributed by atoms with van der Waals surface area (Å²) in [5.41, 5.74) is 1.45. The van der Waals surface area contributed by atoms with Crippen molar-refractivity contribution in [3.63, 3.8) is 0 Å². The van der Waals surface area contributed by atoms with Crippen molar-refractivity contribution in [1.29, 1.82) is 0 Å². The Morgan fingerprint density at radius 2 is 2.11 bits per heavy atom. The smallest absolute Gasteiger partial charge is 0.177 e. The molecule has 0 saturated heterocycles. The maximum absolute atomic E-state index is 5.40. The highest BCUT2D eigenvalue weighted by molar-refractivity contribution is 7.71. The van der Waals surface area contributed by atoms with Gasteiger partial charge < -0.3 is 9.55 Å². The Hall–Kier alpha value is -0.610. The van der Waals surface area contributed by atoms with Gasteiger partial charge in [0, 0.05) is 36.4 Å². The van der Waals surface area contributed by atoms with Crippen molar-refractivity contribution in [3.8, 4) is 0 Å². The molecule has 0 spiro atoms. The highest BCUT2D eigenvalue weighted by Crippen LogP contribution is 2.27. The first-order valence-corrected chi connectivity index (χ1v) is 7.37. The summed E-state index contributed by atoms with van der Waals surface area (Å²) in [6.45, 7) is 12.2. The normalized spacial score (nSPS) is 16.5. The van der Waals surface area contributed by atoms with E-state index in [1.807, 2.05) is 0 Å². The molecule has 1 aliphatic carbocycles. The van der Waals surface area contributed by atoms with E-state index in [0.29, 0.717) is 0 Å². The maximum atomic E-state index is 5.40. The number of aromatic nitrogens is 2. The molecule has 0 bridgehead atoms. The van der Waals surface area contributed by atoms with E-state index in [0.717, 1.165) is 30.4 Å². The zero-order chi connectivity index (χ0) is 13.3. The monoisotopic (exact) mass is 267 g/mol. The molecule has 0 aliphatic heterocycles. The second-order valence-electron chi connectivity index (χ2n) is 6.24. The predicted molar refractivity (Wildman–Crippen MR) is 78.6 cm³/mol. The van der Waals surface area contributed by atoms with Crippen LogP contribution in [0.25, 0.3) is 0 Å². The van der Waals surface area contributed by atoms with Gasteiger partial charge in [-0.05, 0) is 31.6 Å². The van der Waals surface area contributed by atoms with Gasteiger partial charge in [0.2, 0.25) is 0 Å². The van der Waals surface area contributed by atoms with E-state index >= 15 is 0 Å². The van der Waals surface area contributed by atoms with E-state index in [4.69, 9.17) is 12.2 Å². The van der Waals surface area contributed by atoms with Gasteiger partial charge in [-0.25, -0.2) is 0 Å². The number of H-pyrrole nitrogens is 1. The van der Waals surface area contributed by atoms with E-state index in [2.05, 4.69) is 48.3 Å². The predicted octanol–water partition coefficient (Wildman–Crippen LogP) is 3.33. The summed E-state index contributed by atoms with van der Waals surface area (Å²) in [4.78, 5) is 5.76. The van der Waals surface area contributed by atoms with Crippen LogP contribution in [0.1, 0.15) is 46.2 Å². The zero-order valence-corrected chi connectivity index (χ0v) is 12.8. The minimum absolute atomic E-state index is 0.143. The van der Waals surface area contributed by atoms with Gasteiger partial charge >= 0.3 is 0 Å². The van der Waals surface area contributed by atoms with Crippen molar-refractivity contribution in [2.75, 3.05) is 13.1 Å². The third kappa shape index (κ3) is 3.04. The van der Waals surface area contributed by atoms with E-state index in [1.54, 1.807) is 0 Å². The Balaban J connectivity index is 2.08. The van der Waals surface area contributed by atoms with Crippen LogP contribution in [0, 0.1) is 4.77 Å². The van der Waals surface area contributed by atoms with Gasteiger partial charge in [-0.2, -0.15) is 0 Å². The summed E-state index contributed by atoms with van der Waals surface area (Å²) in [6, 6.07) is 0.834. The molecule has 1 saturated carbocycles. The number of aromatic amines is 1. The molecule has 2 rings (SSSR count). The molecule has 1 N–H and O–H groups in total. The highest BCUT2D eigenvalue weighted by atomic mass is 32.1. The third-order valence-electron chi connectivity index (χ3n) is 3.72. The molecule has 0 amide bonds. The molecule has 1 aromatic heterocycles. The first kappa shape index (κ1) is 13.8. The topological polar surface area (TPSA) is 24.0 Å². The molecule has 1 aliphatic rings. The van der Waals surface area contributed by atoms with Gasteiger partial charge in [-0.3, -0.25) is 4.90 Å². The Labute approximate surface area is 115 Å². The van der Waals surface area contributed by atoms with Crippen LogP contribution in [0.4, 0.5) is 0 Å². The molecule has 1 heterocycles. The van der Waals surface area contributed by atoms with Gasteiger partial charge in [-0.15, -0.1) is 0 Å². The van der Waals surface area contributed by atoms with Crippen molar-refractivity contribution in [1.82, 2.24) is 14.5 Å². The number of nitrogens with one attached hydrogen (secondary N) is 1. The molecule has 4 heteroatoms. The molecule has 3 nitrogen and oxygen atoms in total. The van der Waals surface area contributed by atoms with Gasteiger partial charge in [0.1, 0.15) is 0 Å². The Morgan fingerprint density at radius 3 is 2.61 bits per heavy atom. The van der Waals surface area contributed by atoms with Gasteiger partial charge in [0.25, 0.3) is 0 Å². The van der Waals surface area contributed by atoms with Crippen LogP contribution in [0.3, 0.4) is 0 Å². The molecule has 18 heavy (non-hydrogen) atoms. The van der Waals surface area contributed by atoms with Crippen LogP contribution in [0.2, 0.25) is 0 Å². The number of likely N-dealkylation sites (N-methyl/N-ethyl adjacent to an activating group) is 1. The van der Waals surface area contributed by atoms with Gasteiger partial charge in [-0.1, -0.05) is 27.7 Å². The molecular weight excluding hydrogens is 242 g/mol. The average Bonchev–Trinajstić information content (AvgIpc) is 3.03.